The average Bonchev–Trinajstić information content (AvgIpc) is 2.33. The molecule has 0 spiro atoms. The molecular formula is C12H14Cl3F3N2. The Balaban J connectivity index is 0.00000200. The van der Waals surface area contributed by atoms with Crippen LogP contribution in [0, 0.1) is 0 Å². The first-order chi connectivity index (χ1) is 8.89. The summed E-state index contributed by atoms with van der Waals surface area (Å²) in [6.45, 7) is 1.72. The lowest BCUT2D eigenvalue weighted by Crippen LogP contribution is -2.49. The van der Waals surface area contributed by atoms with Gasteiger partial charge >= 0.3 is 6.18 Å². The third-order valence-electron chi connectivity index (χ3n) is 3.08. The van der Waals surface area contributed by atoms with E-state index in [9.17, 15) is 13.2 Å². The molecule has 8 heteroatoms. The molecule has 0 aliphatic carbocycles. The second kappa shape index (κ2) is 7.18. The highest BCUT2D eigenvalue weighted by Gasteiger charge is 2.45. The lowest BCUT2D eigenvalue weighted by atomic mass is 10.0. The smallest absolute Gasteiger partial charge is 0.314 e. The van der Waals surface area contributed by atoms with Crippen LogP contribution in [0.2, 0.25) is 10.0 Å². The minimum absolute atomic E-state index is 0. The molecule has 1 aliphatic rings. The van der Waals surface area contributed by atoms with Gasteiger partial charge in [0.25, 0.3) is 0 Å². The zero-order valence-corrected chi connectivity index (χ0v) is 12.7. The van der Waals surface area contributed by atoms with Crippen molar-refractivity contribution in [3.05, 3.63) is 33.8 Å². The Morgan fingerprint density at radius 2 is 1.75 bits per heavy atom. The predicted molar refractivity (Wildman–Crippen MR) is 76.9 cm³/mol. The number of alkyl halides is 3. The van der Waals surface area contributed by atoms with E-state index in [1.54, 1.807) is 0 Å². The van der Waals surface area contributed by atoms with Crippen LogP contribution in [0.3, 0.4) is 0 Å². The average molecular weight is 350 g/mol. The number of rotatable bonds is 2. The van der Waals surface area contributed by atoms with Gasteiger partial charge in [0.15, 0.2) is 0 Å². The number of nitrogens with one attached hydrogen (secondary N) is 1. The van der Waals surface area contributed by atoms with Gasteiger partial charge in [0.05, 0.1) is 0 Å². The summed E-state index contributed by atoms with van der Waals surface area (Å²) in [4.78, 5) is 1.38. The molecule has 0 radical (unpaired) electrons. The molecule has 1 atom stereocenters. The quantitative estimate of drug-likeness (QED) is 0.870. The van der Waals surface area contributed by atoms with Crippen molar-refractivity contribution < 1.29 is 13.2 Å². The van der Waals surface area contributed by atoms with Gasteiger partial charge in [-0.25, -0.2) is 0 Å². The number of piperazine rings is 1. The Kier molecular flexibility index (Phi) is 6.41. The van der Waals surface area contributed by atoms with Gasteiger partial charge in [-0.15, -0.1) is 12.4 Å². The van der Waals surface area contributed by atoms with Crippen molar-refractivity contribution >= 4 is 35.6 Å². The first-order valence-electron chi connectivity index (χ1n) is 5.86. The molecule has 2 rings (SSSR count). The summed E-state index contributed by atoms with van der Waals surface area (Å²) < 4.78 is 40.0. The predicted octanol–water partition coefficient (Wildman–Crippen LogP) is 3.92. The van der Waals surface area contributed by atoms with Gasteiger partial charge in [0.2, 0.25) is 0 Å². The van der Waals surface area contributed by atoms with E-state index in [0.717, 1.165) is 0 Å². The first-order valence-corrected chi connectivity index (χ1v) is 6.61. The van der Waals surface area contributed by atoms with Crippen molar-refractivity contribution in [1.82, 2.24) is 10.2 Å². The molecular weight excluding hydrogens is 335 g/mol. The van der Waals surface area contributed by atoms with E-state index >= 15 is 0 Å². The van der Waals surface area contributed by atoms with Crippen molar-refractivity contribution in [2.75, 3.05) is 26.2 Å². The molecule has 0 unspecified atom stereocenters. The fourth-order valence-corrected chi connectivity index (χ4v) is 2.65. The molecule has 0 bridgehead atoms. The van der Waals surface area contributed by atoms with Crippen LogP contribution in [0.25, 0.3) is 0 Å². The molecule has 0 aromatic heterocycles. The monoisotopic (exact) mass is 348 g/mol. The summed E-state index contributed by atoms with van der Waals surface area (Å²) in [6.07, 6.45) is -4.38. The standard InChI is InChI=1S/C12H13Cl2F3N2.ClH/c13-8-1-2-10(14)9(7-8)11(12(15,16)17)19-5-3-18-4-6-19;/h1-2,7,11,18H,3-6H2;1H/t11-;/m1./s1. The van der Waals surface area contributed by atoms with E-state index in [2.05, 4.69) is 5.32 Å². The van der Waals surface area contributed by atoms with Crippen LogP contribution in [0.5, 0.6) is 0 Å². The van der Waals surface area contributed by atoms with E-state index in [1.807, 2.05) is 0 Å². The first kappa shape index (κ1) is 17.9. The van der Waals surface area contributed by atoms with Crippen LogP contribution in [0.4, 0.5) is 13.2 Å². The molecule has 0 amide bonds. The van der Waals surface area contributed by atoms with Crippen molar-refractivity contribution in [2.24, 2.45) is 0 Å². The van der Waals surface area contributed by atoms with Gasteiger partial charge < -0.3 is 5.32 Å². The van der Waals surface area contributed by atoms with Crippen LogP contribution in [0.1, 0.15) is 11.6 Å². The van der Waals surface area contributed by atoms with E-state index in [0.29, 0.717) is 26.2 Å². The molecule has 114 valence electrons. The summed E-state index contributed by atoms with van der Waals surface area (Å²) in [7, 11) is 0. The SMILES string of the molecule is Cl.FC(F)(F)[C@@H](c1cc(Cl)ccc1Cl)N1CCNCC1. The molecule has 0 saturated carbocycles. The maximum Gasteiger partial charge on any atom is 0.408 e. The summed E-state index contributed by atoms with van der Waals surface area (Å²) in [5.41, 5.74) is 0.0172. The third-order valence-corrected chi connectivity index (χ3v) is 3.66. The van der Waals surface area contributed by atoms with Gasteiger partial charge in [-0.3, -0.25) is 4.90 Å². The van der Waals surface area contributed by atoms with Crippen LogP contribution in [-0.4, -0.2) is 37.3 Å². The molecule has 20 heavy (non-hydrogen) atoms. The minimum atomic E-state index is -4.38. The van der Waals surface area contributed by atoms with Crippen LogP contribution in [0.15, 0.2) is 18.2 Å². The number of hydrogen-bond donors (Lipinski definition) is 1. The summed E-state index contributed by atoms with van der Waals surface area (Å²) in [5, 5.41) is 3.37. The normalized spacial score (nSPS) is 18.4. The Morgan fingerprint density at radius 3 is 2.30 bits per heavy atom. The minimum Gasteiger partial charge on any atom is -0.314 e. The Bertz CT molecular complexity index is 448. The lowest BCUT2D eigenvalue weighted by Gasteiger charge is -2.36. The van der Waals surface area contributed by atoms with Gasteiger partial charge in [-0.05, 0) is 23.8 Å². The van der Waals surface area contributed by atoms with Crippen molar-refractivity contribution in [1.29, 1.82) is 0 Å². The molecule has 1 aliphatic heterocycles. The van der Waals surface area contributed by atoms with Gasteiger partial charge in [0.1, 0.15) is 6.04 Å². The van der Waals surface area contributed by atoms with Crippen LogP contribution in [-0.2, 0) is 0 Å². The third kappa shape index (κ3) is 4.15. The Morgan fingerprint density at radius 1 is 1.15 bits per heavy atom. The Hall–Kier alpha value is -0.200. The summed E-state index contributed by atoms with van der Waals surface area (Å²) in [5.74, 6) is 0. The second-order valence-electron chi connectivity index (χ2n) is 4.40. The fraction of sp³-hybridized carbons (Fsp3) is 0.500. The van der Waals surface area contributed by atoms with Crippen molar-refractivity contribution in [3.63, 3.8) is 0 Å². The molecule has 1 heterocycles. The highest BCUT2D eigenvalue weighted by molar-refractivity contribution is 6.33. The summed E-state index contributed by atoms with van der Waals surface area (Å²) in [6, 6.07) is 2.48. The van der Waals surface area contributed by atoms with E-state index in [-0.39, 0.29) is 28.0 Å². The topological polar surface area (TPSA) is 15.3 Å². The lowest BCUT2D eigenvalue weighted by molar-refractivity contribution is -0.187. The van der Waals surface area contributed by atoms with E-state index < -0.39 is 12.2 Å². The zero-order valence-electron chi connectivity index (χ0n) is 10.4. The molecule has 1 aromatic carbocycles. The van der Waals surface area contributed by atoms with Crippen molar-refractivity contribution in [3.8, 4) is 0 Å². The molecule has 1 fully saturated rings. The van der Waals surface area contributed by atoms with E-state index in [1.165, 1.54) is 23.1 Å². The zero-order chi connectivity index (χ0) is 14.0. The maximum atomic E-state index is 13.3. The van der Waals surface area contributed by atoms with Crippen LogP contribution < -0.4 is 5.32 Å². The summed E-state index contributed by atoms with van der Waals surface area (Å²) >= 11 is 11.7. The van der Waals surface area contributed by atoms with E-state index in [4.69, 9.17) is 23.2 Å². The van der Waals surface area contributed by atoms with Gasteiger partial charge in [-0.2, -0.15) is 13.2 Å². The number of hydrogen-bond acceptors (Lipinski definition) is 2. The highest BCUT2D eigenvalue weighted by atomic mass is 35.5. The maximum absolute atomic E-state index is 13.3. The molecule has 2 nitrogen and oxygen atoms in total. The molecule has 1 aromatic rings. The largest absolute Gasteiger partial charge is 0.408 e. The number of benzene rings is 1. The van der Waals surface area contributed by atoms with Crippen molar-refractivity contribution in [2.45, 2.75) is 12.2 Å². The number of halogens is 6. The fourth-order valence-electron chi connectivity index (χ4n) is 2.24. The highest BCUT2D eigenvalue weighted by Crippen LogP contribution is 2.41. The van der Waals surface area contributed by atoms with Gasteiger partial charge in [0, 0.05) is 36.2 Å². The molecule has 1 saturated heterocycles. The second-order valence-corrected chi connectivity index (χ2v) is 5.24. The molecule has 1 N–H and O–H groups in total. The van der Waals surface area contributed by atoms with Gasteiger partial charge in [-0.1, -0.05) is 23.2 Å². The number of nitrogens with zero attached hydrogens (tertiary/aromatic N) is 1. The Labute approximate surface area is 131 Å². The van der Waals surface area contributed by atoms with Crippen LogP contribution >= 0.6 is 35.6 Å².